The Hall–Kier alpha value is -1.73. The Balaban J connectivity index is 1.62. The van der Waals surface area contributed by atoms with E-state index in [9.17, 15) is 13.6 Å². The Morgan fingerprint density at radius 1 is 1.52 bits per heavy atom. The average molecular weight is 315 g/mol. The van der Waals surface area contributed by atoms with Crippen molar-refractivity contribution in [2.75, 3.05) is 6.54 Å². The lowest BCUT2D eigenvalue weighted by atomic mass is 10.2. The van der Waals surface area contributed by atoms with Crippen molar-refractivity contribution in [1.29, 1.82) is 0 Å². The molecule has 5 nitrogen and oxygen atoms in total. The van der Waals surface area contributed by atoms with Gasteiger partial charge in [-0.1, -0.05) is 11.6 Å². The van der Waals surface area contributed by atoms with Crippen molar-refractivity contribution in [2.24, 2.45) is 0 Å². The second kappa shape index (κ2) is 5.23. The molecule has 1 fully saturated rings. The molecule has 0 saturated carbocycles. The van der Waals surface area contributed by atoms with Crippen LogP contribution in [0.4, 0.5) is 8.78 Å². The molecule has 2 aromatic rings. The number of rotatable bonds is 3. The van der Waals surface area contributed by atoms with E-state index in [2.05, 4.69) is 15.6 Å². The van der Waals surface area contributed by atoms with Crippen LogP contribution in [-0.2, 0) is 11.3 Å². The van der Waals surface area contributed by atoms with Crippen LogP contribution in [0.1, 0.15) is 12.1 Å². The van der Waals surface area contributed by atoms with E-state index in [0.717, 1.165) is 0 Å². The number of fused-ring (bicyclic) bond motifs is 1. The maximum atomic E-state index is 13.0. The fraction of sp³-hybridized carbons (Fsp3) is 0.385. The number of pyridine rings is 1. The topological polar surface area (TPSA) is 58.4 Å². The van der Waals surface area contributed by atoms with Gasteiger partial charge in [-0.3, -0.25) is 10.1 Å². The van der Waals surface area contributed by atoms with E-state index in [1.54, 1.807) is 28.9 Å². The molecular formula is C13H13ClF2N4O. The maximum Gasteiger partial charge on any atom is 0.262 e. The summed E-state index contributed by atoms with van der Waals surface area (Å²) in [6.07, 6.45) is 2.96. The predicted octanol–water partition coefficient (Wildman–Crippen LogP) is 1.60. The number of amides is 1. The van der Waals surface area contributed by atoms with E-state index in [1.165, 1.54) is 0 Å². The van der Waals surface area contributed by atoms with Gasteiger partial charge in [0.2, 0.25) is 5.91 Å². The summed E-state index contributed by atoms with van der Waals surface area (Å²) >= 11 is 5.87. The second-order valence-electron chi connectivity index (χ2n) is 5.06. The molecule has 8 heteroatoms. The van der Waals surface area contributed by atoms with Gasteiger partial charge in [0.25, 0.3) is 5.92 Å². The minimum absolute atomic E-state index is 0.182. The quantitative estimate of drug-likeness (QED) is 0.905. The molecule has 1 aliphatic rings. The van der Waals surface area contributed by atoms with Crippen molar-refractivity contribution >= 4 is 23.2 Å². The molecule has 0 spiro atoms. The van der Waals surface area contributed by atoms with Crippen LogP contribution in [0, 0.1) is 0 Å². The third-order valence-corrected chi connectivity index (χ3v) is 3.56. The Bertz CT molecular complexity index is 688. The minimum Gasteiger partial charge on any atom is -0.349 e. The number of carbonyl (C=O) groups is 1. The molecule has 0 aromatic carbocycles. The van der Waals surface area contributed by atoms with Crippen LogP contribution in [0.3, 0.4) is 0 Å². The smallest absolute Gasteiger partial charge is 0.262 e. The monoisotopic (exact) mass is 314 g/mol. The zero-order valence-electron chi connectivity index (χ0n) is 10.9. The summed E-state index contributed by atoms with van der Waals surface area (Å²) in [4.78, 5) is 16.1. The molecule has 112 valence electrons. The third-order valence-electron chi connectivity index (χ3n) is 3.33. The number of hydrogen-bond acceptors (Lipinski definition) is 3. The number of imidazole rings is 1. The highest BCUT2D eigenvalue weighted by Gasteiger charge is 2.42. The summed E-state index contributed by atoms with van der Waals surface area (Å²) in [6.45, 7) is -0.278. The Morgan fingerprint density at radius 2 is 2.33 bits per heavy atom. The van der Waals surface area contributed by atoms with E-state index in [-0.39, 0.29) is 6.54 Å². The van der Waals surface area contributed by atoms with Crippen molar-refractivity contribution in [2.45, 2.75) is 24.9 Å². The van der Waals surface area contributed by atoms with Crippen LogP contribution in [0.15, 0.2) is 24.5 Å². The molecule has 0 radical (unpaired) electrons. The summed E-state index contributed by atoms with van der Waals surface area (Å²) < 4.78 is 27.8. The zero-order valence-corrected chi connectivity index (χ0v) is 11.7. The molecule has 2 aromatic heterocycles. The SMILES string of the molecule is O=C(NCc1cn2cc(Cl)ccc2n1)C1CC(F)(F)CN1. The third kappa shape index (κ3) is 3.14. The van der Waals surface area contributed by atoms with Gasteiger partial charge in [0, 0.05) is 18.8 Å². The molecule has 1 saturated heterocycles. The summed E-state index contributed by atoms with van der Waals surface area (Å²) in [5.41, 5.74) is 1.34. The van der Waals surface area contributed by atoms with Crippen molar-refractivity contribution in [1.82, 2.24) is 20.0 Å². The summed E-state index contributed by atoms with van der Waals surface area (Å²) in [6, 6.07) is 2.62. The first-order valence-electron chi connectivity index (χ1n) is 6.45. The number of aromatic nitrogens is 2. The van der Waals surface area contributed by atoms with E-state index in [1.807, 2.05) is 0 Å². The van der Waals surface area contributed by atoms with E-state index < -0.39 is 30.8 Å². The highest BCUT2D eigenvalue weighted by atomic mass is 35.5. The van der Waals surface area contributed by atoms with Gasteiger partial charge in [-0.15, -0.1) is 0 Å². The first kappa shape index (κ1) is 14.2. The largest absolute Gasteiger partial charge is 0.349 e. The van der Waals surface area contributed by atoms with Crippen LogP contribution in [0.5, 0.6) is 0 Å². The van der Waals surface area contributed by atoms with Gasteiger partial charge in [-0.2, -0.15) is 0 Å². The van der Waals surface area contributed by atoms with Gasteiger partial charge < -0.3 is 9.72 Å². The molecule has 0 aliphatic carbocycles. The van der Waals surface area contributed by atoms with Gasteiger partial charge in [0.15, 0.2) is 0 Å². The van der Waals surface area contributed by atoms with Crippen molar-refractivity contribution in [3.8, 4) is 0 Å². The Kier molecular flexibility index (Phi) is 3.54. The summed E-state index contributed by atoms with van der Waals surface area (Å²) in [7, 11) is 0. The first-order chi connectivity index (χ1) is 9.93. The molecule has 3 heterocycles. The van der Waals surface area contributed by atoms with Gasteiger partial charge in [-0.05, 0) is 12.1 Å². The van der Waals surface area contributed by atoms with Crippen LogP contribution < -0.4 is 10.6 Å². The van der Waals surface area contributed by atoms with Gasteiger partial charge in [0.05, 0.1) is 29.8 Å². The lowest BCUT2D eigenvalue weighted by molar-refractivity contribution is -0.123. The lowest BCUT2D eigenvalue weighted by Crippen LogP contribution is -2.40. The van der Waals surface area contributed by atoms with Gasteiger partial charge in [-0.25, -0.2) is 13.8 Å². The van der Waals surface area contributed by atoms with Crippen LogP contribution in [0.2, 0.25) is 5.02 Å². The van der Waals surface area contributed by atoms with Crippen molar-refractivity contribution in [3.05, 3.63) is 35.2 Å². The number of carbonyl (C=O) groups excluding carboxylic acids is 1. The maximum absolute atomic E-state index is 13.0. The molecule has 3 rings (SSSR count). The number of halogens is 3. The van der Waals surface area contributed by atoms with Crippen LogP contribution >= 0.6 is 11.6 Å². The molecule has 1 amide bonds. The second-order valence-corrected chi connectivity index (χ2v) is 5.49. The van der Waals surface area contributed by atoms with Gasteiger partial charge in [0.1, 0.15) is 5.65 Å². The fourth-order valence-electron chi connectivity index (χ4n) is 2.30. The van der Waals surface area contributed by atoms with Crippen LogP contribution in [0.25, 0.3) is 5.65 Å². The van der Waals surface area contributed by atoms with Crippen molar-refractivity contribution in [3.63, 3.8) is 0 Å². The number of alkyl halides is 2. The predicted molar refractivity (Wildman–Crippen MR) is 73.4 cm³/mol. The van der Waals surface area contributed by atoms with E-state index in [0.29, 0.717) is 16.4 Å². The Morgan fingerprint density at radius 3 is 3.05 bits per heavy atom. The molecule has 1 atom stereocenters. The molecular weight excluding hydrogens is 302 g/mol. The number of nitrogens with one attached hydrogen (secondary N) is 2. The summed E-state index contributed by atoms with van der Waals surface area (Å²) in [5, 5.41) is 5.70. The van der Waals surface area contributed by atoms with Crippen LogP contribution in [-0.4, -0.2) is 33.8 Å². The molecule has 21 heavy (non-hydrogen) atoms. The highest BCUT2D eigenvalue weighted by molar-refractivity contribution is 6.30. The molecule has 1 aliphatic heterocycles. The molecule has 1 unspecified atom stereocenters. The average Bonchev–Trinajstić information content (AvgIpc) is 2.98. The number of nitrogens with zero attached hydrogens (tertiary/aromatic N) is 2. The Labute approximate surface area is 124 Å². The highest BCUT2D eigenvalue weighted by Crippen LogP contribution is 2.25. The molecule has 2 N–H and O–H groups in total. The standard InChI is InChI=1S/C13H13ClF2N4O/c14-8-1-2-11-19-9(6-20(11)5-8)4-17-12(21)10-3-13(15,16)7-18-10/h1-2,5-6,10,18H,3-4,7H2,(H,17,21). The fourth-order valence-corrected chi connectivity index (χ4v) is 2.47. The zero-order chi connectivity index (χ0) is 15.0. The minimum atomic E-state index is -2.82. The summed E-state index contributed by atoms with van der Waals surface area (Å²) in [5.74, 6) is -3.26. The molecule has 0 bridgehead atoms. The van der Waals surface area contributed by atoms with Crippen molar-refractivity contribution < 1.29 is 13.6 Å². The first-order valence-corrected chi connectivity index (χ1v) is 6.83. The normalized spacial score (nSPS) is 20.8. The van der Waals surface area contributed by atoms with Gasteiger partial charge >= 0.3 is 0 Å². The van der Waals surface area contributed by atoms with E-state index >= 15 is 0 Å². The number of hydrogen-bond donors (Lipinski definition) is 2. The lowest BCUT2D eigenvalue weighted by Gasteiger charge is -2.10. The van der Waals surface area contributed by atoms with E-state index in [4.69, 9.17) is 11.6 Å².